The van der Waals surface area contributed by atoms with Crippen LogP contribution in [0.15, 0.2) is 30.3 Å². The van der Waals surface area contributed by atoms with Gasteiger partial charge in [-0.15, -0.1) is 0 Å². The number of halogens is 2. The molecule has 0 aliphatic heterocycles. The van der Waals surface area contributed by atoms with Crippen molar-refractivity contribution < 1.29 is 8.78 Å². The van der Waals surface area contributed by atoms with E-state index in [4.69, 9.17) is 0 Å². The molecule has 0 amide bonds. The van der Waals surface area contributed by atoms with E-state index in [-0.39, 0.29) is 12.6 Å². The molecule has 0 saturated heterocycles. The fourth-order valence-electron chi connectivity index (χ4n) is 2.17. The molecule has 1 aromatic carbocycles. The maximum atomic E-state index is 12.4. The summed E-state index contributed by atoms with van der Waals surface area (Å²) in [5.41, 5.74) is 2.27. The SMILES string of the molecule is CCN(CC(F)F)C1C=Cc2ccccc21. The summed E-state index contributed by atoms with van der Waals surface area (Å²) in [7, 11) is 0. The molecule has 1 aliphatic rings. The first-order valence-electron chi connectivity index (χ1n) is 5.51. The van der Waals surface area contributed by atoms with Gasteiger partial charge in [0.1, 0.15) is 0 Å². The largest absolute Gasteiger partial charge is 0.287 e. The fourth-order valence-corrected chi connectivity index (χ4v) is 2.17. The van der Waals surface area contributed by atoms with Gasteiger partial charge >= 0.3 is 0 Å². The van der Waals surface area contributed by atoms with Crippen molar-refractivity contribution >= 4 is 6.08 Å². The summed E-state index contributed by atoms with van der Waals surface area (Å²) < 4.78 is 24.9. The maximum Gasteiger partial charge on any atom is 0.251 e. The molecular weight excluding hydrogens is 208 g/mol. The number of hydrogen-bond acceptors (Lipinski definition) is 1. The zero-order valence-corrected chi connectivity index (χ0v) is 9.24. The van der Waals surface area contributed by atoms with Gasteiger partial charge in [0.15, 0.2) is 0 Å². The molecule has 2 rings (SSSR count). The number of nitrogens with zero attached hydrogens (tertiary/aromatic N) is 1. The smallest absolute Gasteiger partial charge is 0.251 e. The second-order valence-corrected chi connectivity index (χ2v) is 3.91. The molecule has 0 spiro atoms. The summed E-state index contributed by atoms with van der Waals surface area (Å²) in [6, 6.07) is 7.95. The number of rotatable bonds is 4. The number of fused-ring (bicyclic) bond motifs is 1. The first-order chi connectivity index (χ1) is 7.72. The monoisotopic (exact) mass is 223 g/mol. The Morgan fingerprint density at radius 1 is 1.31 bits per heavy atom. The summed E-state index contributed by atoms with van der Waals surface area (Å²) in [6.45, 7) is 2.38. The third kappa shape index (κ3) is 2.14. The van der Waals surface area contributed by atoms with Crippen molar-refractivity contribution in [2.75, 3.05) is 13.1 Å². The van der Waals surface area contributed by atoms with Gasteiger partial charge in [-0.05, 0) is 17.7 Å². The van der Waals surface area contributed by atoms with Crippen LogP contribution in [0.3, 0.4) is 0 Å². The predicted molar refractivity (Wildman–Crippen MR) is 61.5 cm³/mol. The molecule has 86 valence electrons. The molecule has 0 aromatic heterocycles. The lowest BCUT2D eigenvalue weighted by Gasteiger charge is -2.26. The Hall–Kier alpha value is -1.22. The van der Waals surface area contributed by atoms with E-state index in [9.17, 15) is 8.78 Å². The molecule has 0 bridgehead atoms. The highest BCUT2D eigenvalue weighted by atomic mass is 19.3. The Morgan fingerprint density at radius 3 is 2.75 bits per heavy atom. The van der Waals surface area contributed by atoms with E-state index in [0.717, 1.165) is 11.1 Å². The summed E-state index contributed by atoms with van der Waals surface area (Å²) in [4.78, 5) is 1.80. The molecule has 16 heavy (non-hydrogen) atoms. The average Bonchev–Trinajstić information content (AvgIpc) is 2.69. The molecule has 0 N–H and O–H groups in total. The van der Waals surface area contributed by atoms with Gasteiger partial charge in [-0.1, -0.05) is 43.3 Å². The molecule has 3 heteroatoms. The number of hydrogen-bond donors (Lipinski definition) is 0. The van der Waals surface area contributed by atoms with Crippen LogP contribution in [0.5, 0.6) is 0 Å². The Labute approximate surface area is 94.4 Å². The summed E-state index contributed by atoms with van der Waals surface area (Å²) in [5, 5.41) is 0. The quantitative estimate of drug-likeness (QED) is 0.756. The van der Waals surface area contributed by atoms with Gasteiger partial charge in [-0.3, -0.25) is 4.90 Å². The van der Waals surface area contributed by atoms with E-state index >= 15 is 0 Å². The minimum atomic E-state index is -2.28. The molecule has 0 heterocycles. The number of alkyl halides is 2. The Morgan fingerprint density at radius 2 is 2.06 bits per heavy atom. The number of benzene rings is 1. The van der Waals surface area contributed by atoms with Crippen LogP contribution in [0.1, 0.15) is 24.1 Å². The lowest BCUT2D eigenvalue weighted by atomic mass is 10.1. The van der Waals surface area contributed by atoms with Gasteiger partial charge in [0.25, 0.3) is 6.43 Å². The molecule has 1 aliphatic carbocycles. The second-order valence-electron chi connectivity index (χ2n) is 3.91. The molecule has 0 fully saturated rings. The maximum absolute atomic E-state index is 12.4. The molecule has 0 saturated carbocycles. The predicted octanol–water partition coefficient (Wildman–Crippen LogP) is 3.34. The highest BCUT2D eigenvalue weighted by molar-refractivity contribution is 5.61. The highest BCUT2D eigenvalue weighted by Gasteiger charge is 2.24. The normalized spacial score (nSPS) is 18.4. The average molecular weight is 223 g/mol. The van der Waals surface area contributed by atoms with Crippen molar-refractivity contribution in [3.05, 3.63) is 41.5 Å². The van der Waals surface area contributed by atoms with Gasteiger partial charge in [-0.2, -0.15) is 0 Å². The zero-order chi connectivity index (χ0) is 11.5. The van der Waals surface area contributed by atoms with E-state index in [1.807, 2.05) is 43.3 Å². The third-order valence-corrected chi connectivity index (χ3v) is 2.94. The van der Waals surface area contributed by atoms with Crippen LogP contribution in [-0.2, 0) is 0 Å². The standard InChI is InChI=1S/C13H15F2N/c1-2-16(9-13(14)15)12-8-7-10-5-3-4-6-11(10)12/h3-8,12-13H,2,9H2,1H3. The molecule has 0 radical (unpaired) electrons. The van der Waals surface area contributed by atoms with E-state index < -0.39 is 6.43 Å². The molecule has 1 nitrogen and oxygen atoms in total. The van der Waals surface area contributed by atoms with Crippen molar-refractivity contribution in [2.24, 2.45) is 0 Å². The summed E-state index contributed by atoms with van der Waals surface area (Å²) >= 11 is 0. The summed E-state index contributed by atoms with van der Waals surface area (Å²) in [6.07, 6.45) is 1.73. The van der Waals surface area contributed by atoms with Crippen LogP contribution in [0, 0.1) is 0 Å². The van der Waals surface area contributed by atoms with Gasteiger partial charge in [0.05, 0.1) is 12.6 Å². The van der Waals surface area contributed by atoms with Crippen molar-refractivity contribution in [3.8, 4) is 0 Å². The first kappa shape index (κ1) is 11.3. The molecule has 1 aromatic rings. The van der Waals surface area contributed by atoms with Gasteiger partial charge in [0.2, 0.25) is 0 Å². The minimum absolute atomic E-state index is 0.00944. The van der Waals surface area contributed by atoms with E-state index in [2.05, 4.69) is 0 Å². The molecular formula is C13H15F2N. The molecule has 1 atom stereocenters. The third-order valence-electron chi connectivity index (χ3n) is 2.94. The molecule has 1 unspecified atom stereocenters. The van der Waals surface area contributed by atoms with E-state index in [1.165, 1.54) is 0 Å². The Balaban J connectivity index is 2.20. The van der Waals surface area contributed by atoms with E-state index in [0.29, 0.717) is 6.54 Å². The Bertz CT molecular complexity index is 387. The summed E-state index contributed by atoms with van der Waals surface area (Å²) in [5.74, 6) is 0. The van der Waals surface area contributed by atoms with Crippen molar-refractivity contribution in [2.45, 2.75) is 19.4 Å². The first-order valence-corrected chi connectivity index (χ1v) is 5.51. The van der Waals surface area contributed by atoms with Crippen molar-refractivity contribution in [1.29, 1.82) is 0 Å². The highest BCUT2D eigenvalue weighted by Crippen LogP contribution is 2.32. The van der Waals surface area contributed by atoms with Crippen LogP contribution in [0.4, 0.5) is 8.78 Å². The fraction of sp³-hybridized carbons (Fsp3) is 0.385. The van der Waals surface area contributed by atoms with Crippen molar-refractivity contribution in [1.82, 2.24) is 4.90 Å². The van der Waals surface area contributed by atoms with Crippen LogP contribution < -0.4 is 0 Å². The van der Waals surface area contributed by atoms with Crippen LogP contribution in [0.2, 0.25) is 0 Å². The number of likely N-dealkylation sites (N-methyl/N-ethyl adjacent to an activating group) is 1. The van der Waals surface area contributed by atoms with E-state index in [1.54, 1.807) is 4.90 Å². The van der Waals surface area contributed by atoms with Gasteiger partial charge < -0.3 is 0 Å². The zero-order valence-electron chi connectivity index (χ0n) is 9.24. The Kier molecular flexibility index (Phi) is 3.34. The van der Waals surface area contributed by atoms with Gasteiger partial charge in [-0.25, -0.2) is 8.78 Å². The van der Waals surface area contributed by atoms with Gasteiger partial charge in [0, 0.05) is 0 Å². The lowest BCUT2D eigenvalue weighted by Crippen LogP contribution is -2.31. The van der Waals surface area contributed by atoms with Crippen LogP contribution >= 0.6 is 0 Å². The van der Waals surface area contributed by atoms with Crippen molar-refractivity contribution in [3.63, 3.8) is 0 Å². The topological polar surface area (TPSA) is 3.24 Å². The lowest BCUT2D eigenvalue weighted by molar-refractivity contribution is 0.0788. The van der Waals surface area contributed by atoms with Crippen LogP contribution in [-0.4, -0.2) is 24.4 Å². The minimum Gasteiger partial charge on any atom is -0.287 e. The second kappa shape index (κ2) is 4.74. The van der Waals surface area contributed by atoms with Crippen LogP contribution in [0.25, 0.3) is 6.08 Å².